The molecule has 5 nitrogen and oxygen atoms in total. The average molecular weight is 351 g/mol. The summed E-state index contributed by atoms with van der Waals surface area (Å²) >= 11 is 0. The highest BCUT2D eigenvalue weighted by atomic mass is 16.5. The first-order valence-corrected chi connectivity index (χ1v) is 8.92. The summed E-state index contributed by atoms with van der Waals surface area (Å²) in [7, 11) is 5.78. The quantitative estimate of drug-likeness (QED) is 0.221. The van der Waals surface area contributed by atoms with E-state index in [1.807, 2.05) is 45.4 Å². The molecule has 0 aliphatic carbocycles. The van der Waals surface area contributed by atoms with E-state index in [1.165, 1.54) is 0 Å². The van der Waals surface area contributed by atoms with Crippen LogP contribution in [0.3, 0.4) is 0 Å². The molecule has 0 bridgehead atoms. The van der Waals surface area contributed by atoms with Gasteiger partial charge in [-0.1, -0.05) is 43.4 Å². The summed E-state index contributed by atoms with van der Waals surface area (Å²) in [6, 6.07) is 0. The number of ether oxygens (including phenoxy) is 1. The van der Waals surface area contributed by atoms with Gasteiger partial charge in [0.05, 0.1) is 21.1 Å². The predicted octanol–water partition coefficient (Wildman–Crippen LogP) is 2.38. The van der Waals surface area contributed by atoms with Crippen molar-refractivity contribution >= 4 is 11.9 Å². The smallest absolute Gasteiger partial charge is 0.306 e. The van der Waals surface area contributed by atoms with Gasteiger partial charge in [-0.15, -0.1) is 0 Å². The van der Waals surface area contributed by atoms with E-state index in [2.05, 4.69) is 19.1 Å². The largest absolute Gasteiger partial charge is 0.550 e. The molecule has 0 saturated heterocycles. The molecule has 0 aromatic rings. The number of hydrogen-bond acceptors (Lipinski definition) is 4. The number of carboxylic acids is 1. The third-order valence-corrected chi connectivity index (χ3v) is 3.29. The third kappa shape index (κ3) is 16.8. The summed E-state index contributed by atoms with van der Waals surface area (Å²) in [6.07, 6.45) is 15.1. The number of carbonyl (C=O) groups excluding carboxylic acids is 2. The molecule has 0 aromatic carbocycles. The first-order chi connectivity index (χ1) is 11.7. The van der Waals surface area contributed by atoms with Gasteiger partial charge in [-0.05, 0) is 25.7 Å². The van der Waals surface area contributed by atoms with Crippen LogP contribution < -0.4 is 5.11 Å². The molecule has 0 aromatic heterocycles. The highest BCUT2D eigenvalue weighted by molar-refractivity contribution is 5.70. The summed E-state index contributed by atoms with van der Waals surface area (Å²) in [4.78, 5) is 22.7. The molecule has 25 heavy (non-hydrogen) atoms. The Balaban J connectivity index is 4.03. The molecule has 0 fully saturated rings. The number of likely N-dealkylation sites (N-methyl/N-ethyl adjacent to an activating group) is 1. The van der Waals surface area contributed by atoms with E-state index >= 15 is 0 Å². The molecule has 1 atom stereocenters. The van der Waals surface area contributed by atoms with Crippen LogP contribution in [0, 0.1) is 0 Å². The molecule has 0 saturated carbocycles. The predicted molar refractivity (Wildman–Crippen MR) is 98.6 cm³/mol. The van der Waals surface area contributed by atoms with Gasteiger partial charge in [0.25, 0.3) is 0 Å². The summed E-state index contributed by atoms with van der Waals surface area (Å²) < 4.78 is 5.83. The van der Waals surface area contributed by atoms with E-state index in [1.54, 1.807) is 0 Å². The van der Waals surface area contributed by atoms with Gasteiger partial charge >= 0.3 is 5.97 Å². The molecular formula is C20H33NO4. The number of allylic oxidation sites excluding steroid dienone is 6. The Labute approximate surface area is 152 Å². The molecule has 0 heterocycles. The first kappa shape index (κ1) is 23.1. The Morgan fingerprint density at radius 1 is 1.04 bits per heavy atom. The van der Waals surface area contributed by atoms with Gasteiger partial charge in [-0.2, -0.15) is 0 Å². The number of carboxylic acid groups (broad SMARTS) is 1. The monoisotopic (exact) mass is 351 g/mol. The van der Waals surface area contributed by atoms with Crippen molar-refractivity contribution in [3.8, 4) is 0 Å². The lowest BCUT2D eigenvalue weighted by Crippen LogP contribution is -2.45. The minimum Gasteiger partial charge on any atom is -0.550 e. The number of rotatable bonds is 13. The van der Waals surface area contributed by atoms with Crippen molar-refractivity contribution in [2.45, 2.75) is 51.6 Å². The Bertz CT molecular complexity index is 473. The molecule has 0 aliphatic heterocycles. The van der Waals surface area contributed by atoms with Crippen LogP contribution in [0.2, 0.25) is 0 Å². The number of quaternary nitrogens is 1. The van der Waals surface area contributed by atoms with E-state index in [4.69, 9.17) is 4.74 Å². The van der Waals surface area contributed by atoms with Gasteiger partial charge in [-0.3, -0.25) is 4.79 Å². The van der Waals surface area contributed by atoms with Crippen LogP contribution in [-0.2, 0) is 14.3 Å². The van der Waals surface area contributed by atoms with Crippen LogP contribution in [0.4, 0.5) is 0 Å². The molecule has 0 rings (SSSR count). The molecule has 1 unspecified atom stereocenters. The molecule has 0 spiro atoms. The summed E-state index contributed by atoms with van der Waals surface area (Å²) in [5.41, 5.74) is 0. The number of hydrogen-bond donors (Lipinski definition) is 0. The van der Waals surface area contributed by atoms with Gasteiger partial charge in [-0.25, -0.2) is 0 Å². The van der Waals surface area contributed by atoms with Crippen LogP contribution in [0.25, 0.3) is 0 Å². The molecule has 0 aliphatic rings. The fourth-order valence-electron chi connectivity index (χ4n) is 2.23. The van der Waals surface area contributed by atoms with Crippen molar-refractivity contribution in [2.75, 3.05) is 27.7 Å². The van der Waals surface area contributed by atoms with Crippen LogP contribution in [0.1, 0.15) is 45.4 Å². The maximum atomic E-state index is 11.9. The highest BCUT2D eigenvalue weighted by Crippen LogP contribution is 2.08. The second-order valence-electron chi connectivity index (χ2n) is 7.06. The number of nitrogens with zero attached hydrogens (tertiary/aromatic N) is 1. The van der Waals surface area contributed by atoms with E-state index < -0.39 is 12.1 Å². The number of carbonyl (C=O) groups is 2. The maximum absolute atomic E-state index is 11.9. The lowest BCUT2D eigenvalue weighted by atomic mass is 10.2. The zero-order valence-corrected chi connectivity index (χ0v) is 16.1. The minimum absolute atomic E-state index is 0.261. The molecular weight excluding hydrogens is 318 g/mol. The number of esters is 1. The van der Waals surface area contributed by atoms with E-state index in [9.17, 15) is 14.7 Å². The Morgan fingerprint density at radius 3 is 2.24 bits per heavy atom. The standard InChI is InChI=1S/C20H33NO4/c1-5-6-7-8-9-10-11-12-13-14-15-20(24)25-18(16-19(22)23)17-21(2,3)4/h6-11,18H,5,12-17H2,1-4H3/b7-6+,9-8+,11-10+. The van der Waals surface area contributed by atoms with Gasteiger partial charge in [0.15, 0.2) is 6.10 Å². The Hall–Kier alpha value is -1.88. The van der Waals surface area contributed by atoms with Crippen LogP contribution in [0.5, 0.6) is 0 Å². The van der Waals surface area contributed by atoms with Crippen molar-refractivity contribution in [1.82, 2.24) is 0 Å². The number of aliphatic carboxylic acids is 1. The third-order valence-electron chi connectivity index (χ3n) is 3.29. The van der Waals surface area contributed by atoms with Crippen molar-refractivity contribution in [3.63, 3.8) is 0 Å². The van der Waals surface area contributed by atoms with Crippen molar-refractivity contribution in [1.29, 1.82) is 0 Å². The summed E-state index contributed by atoms with van der Waals surface area (Å²) in [5, 5.41) is 10.8. The van der Waals surface area contributed by atoms with Gasteiger partial charge in [0.1, 0.15) is 6.54 Å². The van der Waals surface area contributed by atoms with Crippen LogP contribution in [-0.4, -0.2) is 50.2 Å². The highest BCUT2D eigenvalue weighted by Gasteiger charge is 2.22. The van der Waals surface area contributed by atoms with Gasteiger partial charge < -0.3 is 19.1 Å². The maximum Gasteiger partial charge on any atom is 0.306 e. The van der Waals surface area contributed by atoms with Gasteiger partial charge in [0.2, 0.25) is 0 Å². The normalized spacial score (nSPS) is 13.8. The van der Waals surface area contributed by atoms with Crippen LogP contribution >= 0.6 is 0 Å². The zero-order valence-electron chi connectivity index (χ0n) is 16.1. The lowest BCUT2D eigenvalue weighted by Gasteiger charge is -2.29. The summed E-state index contributed by atoms with van der Waals surface area (Å²) in [6.45, 7) is 2.54. The SMILES string of the molecule is CC/C=C/C=C/C=C/CCCCC(=O)OC(CC(=O)[O-])C[N+](C)(C)C. The second kappa shape index (κ2) is 13.4. The first-order valence-electron chi connectivity index (χ1n) is 8.92. The average Bonchev–Trinajstić information content (AvgIpc) is 2.46. The van der Waals surface area contributed by atoms with Crippen LogP contribution in [0.15, 0.2) is 36.5 Å². The fourth-order valence-corrected chi connectivity index (χ4v) is 2.23. The van der Waals surface area contributed by atoms with Crippen molar-refractivity contribution < 1.29 is 23.9 Å². The molecule has 0 amide bonds. The summed E-state index contributed by atoms with van der Waals surface area (Å²) in [5.74, 6) is -1.54. The van der Waals surface area contributed by atoms with E-state index in [0.29, 0.717) is 17.4 Å². The van der Waals surface area contributed by atoms with Crippen molar-refractivity contribution in [3.05, 3.63) is 36.5 Å². The van der Waals surface area contributed by atoms with E-state index in [0.717, 1.165) is 25.7 Å². The fraction of sp³-hybridized carbons (Fsp3) is 0.600. The minimum atomic E-state index is -1.20. The molecule has 0 radical (unpaired) electrons. The van der Waals surface area contributed by atoms with Crippen molar-refractivity contribution in [2.24, 2.45) is 0 Å². The van der Waals surface area contributed by atoms with E-state index in [-0.39, 0.29) is 12.4 Å². The Kier molecular flexibility index (Phi) is 12.4. The Morgan fingerprint density at radius 2 is 1.68 bits per heavy atom. The molecule has 0 N–H and O–H groups in total. The molecule has 5 heteroatoms. The second-order valence-corrected chi connectivity index (χ2v) is 7.06. The topological polar surface area (TPSA) is 66.4 Å². The lowest BCUT2D eigenvalue weighted by molar-refractivity contribution is -0.873. The van der Waals surface area contributed by atoms with Gasteiger partial charge in [0, 0.05) is 18.8 Å². The number of unbranched alkanes of at least 4 members (excludes halogenated alkanes) is 2. The molecule has 142 valence electrons. The zero-order chi connectivity index (χ0) is 19.1.